The number of rotatable bonds is 7. The maximum Gasteiger partial charge on any atom is 0.216 e. The molecule has 0 saturated heterocycles. The van der Waals surface area contributed by atoms with Gasteiger partial charge in [-0.3, -0.25) is 0 Å². The van der Waals surface area contributed by atoms with Gasteiger partial charge in [0, 0.05) is 12.6 Å². The van der Waals surface area contributed by atoms with Crippen LogP contribution in [0.2, 0.25) is 0 Å². The molecule has 0 spiro atoms. The van der Waals surface area contributed by atoms with Gasteiger partial charge in [-0.15, -0.1) is 0 Å². The van der Waals surface area contributed by atoms with Gasteiger partial charge in [0.1, 0.15) is 0 Å². The molecule has 0 amide bonds. The molecule has 1 rings (SSSR count). The molecule has 108 valence electrons. The van der Waals surface area contributed by atoms with Crippen LogP contribution in [0.5, 0.6) is 0 Å². The van der Waals surface area contributed by atoms with Crippen molar-refractivity contribution >= 4 is 10.0 Å². The predicted molar refractivity (Wildman–Crippen MR) is 79.3 cm³/mol. The lowest BCUT2D eigenvalue weighted by molar-refractivity contribution is 0.476. The highest BCUT2D eigenvalue weighted by molar-refractivity contribution is 7.88. The van der Waals surface area contributed by atoms with E-state index < -0.39 is 10.0 Å². The fourth-order valence-electron chi connectivity index (χ4n) is 1.64. The fraction of sp³-hybridized carbons (Fsp3) is 0.571. The van der Waals surface area contributed by atoms with Gasteiger partial charge in [0.25, 0.3) is 0 Å². The zero-order valence-electron chi connectivity index (χ0n) is 12.1. The minimum absolute atomic E-state index is 0.0316. The van der Waals surface area contributed by atoms with E-state index in [4.69, 9.17) is 0 Å². The average molecular weight is 284 g/mol. The molecule has 19 heavy (non-hydrogen) atoms. The predicted octanol–water partition coefficient (Wildman–Crippen LogP) is 1.87. The van der Waals surface area contributed by atoms with E-state index >= 15 is 0 Å². The van der Waals surface area contributed by atoms with E-state index in [-0.39, 0.29) is 17.7 Å². The van der Waals surface area contributed by atoms with Gasteiger partial charge in [0.2, 0.25) is 10.0 Å². The van der Waals surface area contributed by atoms with E-state index in [1.165, 1.54) is 0 Å². The van der Waals surface area contributed by atoms with Crippen LogP contribution in [-0.4, -0.2) is 21.5 Å². The Hall–Kier alpha value is -0.910. The Balaban J connectivity index is 2.67. The van der Waals surface area contributed by atoms with Crippen LogP contribution in [0.3, 0.4) is 0 Å². The Labute approximate surface area is 116 Å². The number of hydrogen-bond acceptors (Lipinski definition) is 3. The SMILES string of the molecule is CNCc1ccc(CS(=O)(=O)NC(C)C(C)C)cc1. The summed E-state index contributed by atoms with van der Waals surface area (Å²) in [6, 6.07) is 7.59. The molecule has 0 aromatic heterocycles. The number of sulfonamides is 1. The van der Waals surface area contributed by atoms with Crippen molar-refractivity contribution in [2.75, 3.05) is 7.05 Å². The zero-order valence-corrected chi connectivity index (χ0v) is 12.9. The van der Waals surface area contributed by atoms with Crippen LogP contribution in [0, 0.1) is 5.92 Å². The second kappa shape index (κ2) is 7.03. The normalized spacial score (nSPS) is 13.7. The van der Waals surface area contributed by atoms with Crippen molar-refractivity contribution in [3.63, 3.8) is 0 Å². The van der Waals surface area contributed by atoms with Gasteiger partial charge in [-0.1, -0.05) is 38.1 Å². The van der Waals surface area contributed by atoms with Crippen molar-refractivity contribution in [1.29, 1.82) is 0 Å². The van der Waals surface area contributed by atoms with Crippen molar-refractivity contribution in [3.8, 4) is 0 Å². The van der Waals surface area contributed by atoms with E-state index in [0.29, 0.717) is 0 Å². The van der Waals surface area contributed by atoms with Gasteiger partial charge in [-0.25, -0.2) is 13.1 Å². The molecule has 2 N–H and O–H groups in total. The summed E-state index contributed by atoms with van der Waals surface area (Å²) in [5.41, 5.74) is 1.95. The molecule has 1 aromatic carbocycles. The summed E-state index contributed by atoms with van der Waals surface area (Å²) in [4.78, 5) is 0. The highest BCUT2D eigenvalue weighted by Gasteiger charge is 2.17. The zero-order chi connectivity index (χ0) is 14.5. The summed E-state index contributed by atoms with van der Waals surface area (Å²) < 4.78 is 26.7. The summed E-state index contributed by atoms with van der Waals surface area (Å²) in [5.74, 6) is 0.317. The van der Waals surface area contributed by atoms with Crippen molar-refractivity contribution in [2.45, 2.75) is 39.1 Å². The van der Waals surface area contributed by atoms with Crippen LogP contribution in [0.25, 0.3) is 0 Å². The van der Waals surface area contributed by atoms with Crippen LogP contribution in [0.4, 0.5) is 0 Å². The fourth-order valence-corrected chi connectivity index (χ4v) is 3.19. The van der Waals surface area contributed by atoms with Gasteiger partial charge in [-0.05, 0) is 31.0 Å². The Morgan fingerprint density at radius 2 is 1.58 bits per heavy atom. The lowest BCUT2D eigenvalue weighted by atomic mass is 10.1. The van der Waals surface area contributed by atoms with Gasteiger partial charge in [0.05, 0.1) is 5.75 Å². The molecule has 1 unspecified atom stereocenters. The summed E-state index contributed by atoms with van der Waals surface area (Å²) in [5, 5.41) is 3.06. The number of benzene rings is 1. The third-order valence-corrected chi connectivity index (χ3v) is 4.57. The Bertz CT molecular complexity index is 481. The quantitative estimate of drug-likeness (QED) is 0.803. The van der Waals surface area contributed by atoms with E-state index in [0.717, 1.165) is 17.7 Å². The second-order valence-corrected chi connectivity index (χ2v) is 7.01. The largest absolute Gasteiger partial charge is 0.316 e. The Kier molecular flexibility index (Phi) is 5.97. The average Bonchev–Trinajstić information content (AvgIpc) is 2.31. The topological polar surface area (TPSA) is 58.2 Å². The first-order valence-corrected chi connectivity index (χ1v) is 8.21. The second-order valence-electron chi connectivity index (χ2n) is 5.26. The van der Waals surface area contributed by atoms with Crippen molar-refractivity contribution < 1.29 is 8.42 Å². The van der Waals surface area contributed by atoms with Crippen LogP contribution in [-0.2, 0) is 22.3 Å². The first-order valence-electron chi connectivity index (χ1n) is 6.56. The standard InChI is InChI=1S/C14H24N2O2S/c1-11(2)12(3)16-19(17,18)10-14-7-5-13(6-8-14)9-15-4/h5-8,11-12,15-16H,9-10H2,1-4H3. The Morgan fingerprint density at radius 3 is 2.05 bits per heavy atom. The molecular formula is C14H24N2O2S. The van der Waals surface area contributed by atoms with Crippen LogP contribution in [0.15, 0.2) is 24.3 Å². The number of nitrogens with one attached hydrogen (secondary N) is 2. The molecule has 4 nitrogen and oxygen atoms in total. The van der Waals surface area contributed by atoms with Gasteiger partial charge >= 0.3 is 0 Å². The molecular weight excluding hydrogens is 260 g/mol. The lowest BCUT2D eigenvalue weighted by Gasteiger charge is -2.17. The molecule has 5 heteroatoms. The molecule has 1 atom stereocenters. The first-order chi connectivity index (χ1) is 8.84. The maximum absolute atomic E-state index is 12.0. The minimum Gasteiger partial charge on any atom is -0.316 e. The maximum atomic E-state index is 12.0. The molecule has 0 aliphatic rings. The van der Waals surface area contributed by atoms with E-state index in [1.54, 1.807) is 0 Å². The summed E-state index contributed by atoms with van der Waals surface area (Å²) in [7, 11) is -1.39. The van der Waals surface area contributed by atoms with Crippen molar-refractivity contribution in [1.82, 2.24) is 10.0 Å². The van der Waals surface area contributed by atoms with Crippen LogP contribution < -0.4 is 10.0 Å². The molecule has 0 aliphatic carbocycles. The first kappa shape index (κ1) is 16.1. The molecule has 0 fully saturated rings. The molecule has 1 aromatic rings. The Morgan fingerprint density at radius 1 is 1.05 bits per heavy atom. The summed E-state index contributed by atoms with van der Waals surface area (Å²) in [6.07, 6.45) is 0. The molecule has 0 saturated carbocycles. The van der Waals surface area contributed by atoms with E-state index in [2.05, 4.69) is 10.0 Å². The highest BCUT2D eigenvalue weighted by Crippen LogP contribution is 2.10. The molecule has 0 heterocycles. The third kappa shape index (κ3) is 5.72. The van der Waals surface area contributed by atoms with E-state index in [1.807, 2.05) is 52.1 Å². The smallest absolute Gasteiger partial charge is 0.216 e. The molecule has 0 aliphatic heterocycles. The lowest BCUT2D eigenvalue weighted by Crippen LogP contribution is -2.36. The van der Waals surface area contributed by atoms with Crippen LogP contribution >= 0.6 is 0 Å². The monoisotopic (exact) mass is 284 g/mol. The summed E-state index contributed by atoms with van der Waals surface area (Å²) in [6.45, 7) is 6.67. The third-order valence-electron chi connectivity index (χ3n) is 3.13. The van der Waals surface area contributed by atoms with E-state index in [9.17, 15) is 8.42 Å². The minimum atomic E-state index is -3.27. The highest BCUT2D eigenvalue weighted by atomic mass is 32.2. The molecule has 0 bridgehead atoms. The van der Waals surface area contributed by atoms with Crippen LogP contribution in [0.1, 0.15) is 31.9 Å². The van der Waals surface area contributed by atoms with Crippen molar-refractivity contribution in [2.24, 2.45) is 5.92 Å². The van der Waals surface area contributed by atoms with Gasteiger partial charge in [0.15, 0.2) is 0 Å². The van der Waals surface area contributed by atoms with Crippen molar-refractivity contribution in [3.05, 3.63) is 35.4 Å². The molecule has 0 radical (unpaired) electrons. The number of hydrogen-bond donors (Lipinski definition) is 2. The van der Waals surface area contributed by atoms with Gasteiger partial charge in [-0.2, -0.15) is 0 Å². The summed E-state index contributed by atoms with van der Waals surface area (Å²) >= 11 is 0. The van der Waals surface area contributed by atoms with Gasteiger partial charge < -0.3 is 5.32 Å².